The van der Waals surface area contributed by atoms with Crippen molar-refractivity contribution < 1.29 is 51.0 Å². The molecule has 2 heterocycles. The second kappa shape index (κ2) is 11.7. The Hall–Kier alpha value is -3.23. The molecule has 6 atom stereocenters. The van der Waals surface area contributed by atoms with Gasteiger partial charge >= 0.3 is 0 Å². The SMILES string of the molecule is COc1cc(C2C3=CCC4C(=O)N(C5CCCCC5)C(=O)C4C3CC3(Cl)C(=O)N(c4c(F)c(F)c(F)c(F)c4F)C(=O)C23Cl)cc(Br)c1O. The number of methoxy groups -OCH3 is 1. The van der Waals surface area contributed by atoms with Crippen molar-refractivity contribution in [2.24, 2.45) is 17.8 Å². The van der Waals surface area contributed by atoms with Crippen molar-refractivity contribution in [2.75, 3.05) is 12.0 Å². The molecular weight excluding hydrogens is 766 g/mol. The van der Waals surface area contributed by atoms with E-state index >= 15 is 8.78 Å². The smallest absolute Gasteiger partial charge is 0.258 e. The van der Waals surface area contributed by atoms with Gasteiger partial charge in [0.15, 0.2) is 44.5 Å². The summed E-state index contributed by atoms with van der Waals surface area (Å²) in [6, 6.07) is 2.31. The van der Waals surface area contributed by atoms with Gasteiger partial charge in [-0.15, -0.1) is 23.2 Å². The van der Waals surface area contributed by atoms with Crippen molar-refractivity contribution in [2.45, 2.75) is 66.7 Å². The van der Waals surface area contributed by atoms with Crippen molar-refractivity contribution in [3.63, 3.8) is 0 Å². The van der Waals surface area contributed by atoms with E-state index in [0.29, 0.717) is 18.4 Å². The van der Waals surface area contributed by atoms with E-state index in [1.54, 1.807) is 6.08 Å². The Labute approximate surface area is 294 Å². The summed E-state index contributed by atoms with van der Waals surface area (Å²) in [5, 5.41) is 10.6. The highest BCUT2D eigenvalue weighted by Crippen LogP contribution is 2.66. The quantitative estimate of drug-likeness (QED) is 0.0918. The monoisotopic (exact) mass is 790 g/mol. The number of anilines is 1. The number of rotatable bonds is 4. The standard InChI is InChI=1S/C33H26BrCl2F5N2O6/c1-49-18-10-12(9-17(34)27(18)44)20-14-7-8-15-19(29(46)42(28(15)45)13-5-3-2-4-6-13)16(14)11-32(35)30(47)43(31(48)33(20,32)36)26-24(40)22(38)21(37)23(39)25(26)41/h7,9-10,13,15-16,19-20,44H,2-6,8,11H2,1H3. The molecule has 2 saturated heterocycles. The number of phenolic OH excluding ortho intramolecular Hbond substituents is 1. The molecule has 0 spiro atoms. The molecule has 0 radical (unpaired) electrons. The molecule has 3 aliphatic carbocycles. The number of likely N-dealkylation sites (tertiary alicyclic amines) is 1. The zero-order valence-electron chi connectivity index (χ0n) is 25.5. The Morgan fingerprint density at radius 1 is 0.878 bits per heavy atom. The van der Waals surface area contributed by atoms with Crippen LogP contribution in [0.3, 0.4) is 0 Å². The van der Waals surface area contributed by atoms with Crippen LogP contribution in [0.25, 0.3) is 0 Å². The first kappa shape index (κ1) is 34.2. The number of carbonyl (C=O) groups is 4. The predicted molar refractivity (Wildman–Crippen MR) is 168 cm³/mol. The summed E-state index contributed by atoms with van der Waals surface area (Å²) in [5.74, 6) is -21.1. The average molecular weight is 792 g/mol. The van der Waals surface area contributed by atoms with Gasteiger partial charge in [-0.05, 0) is 65.2 Å². The minimum atomic E-state index is -2.68. The number of benzene rings is 2. The molecule has 2 aromatic carbocycles. The van der Waals surface area contributed by atoms with Crippen LogP contribution < -0.4 is 9.64 Å². The topological polar surface area (TPSA) is 104 Å². The molecule has 0 aromatic heterocycles. The molecule has 8 nitrogen and oxygen atoms in total. The number of halogens is 8. The number of hydrogen-bond donors (Lipinski definition) is 1. The van der Waals surface area contributed by atoms with E-state index in [1.807, 2.05) is 0 Å². The van der Waals surface area contributed by atoms with E-state index in [0.717, 1.165) is 19.3 Å². The van der Waals surface area contributed by atoms with Gasteiger partial charge in [-0.25, -0.2) is 26.9 Å². The molecule has 6 unspecified atom stereocenters. The Morgan fingerprint density at radius 2 is 1.49 bits per heavy atom. The van der Waals surface area contributed by atoms with Gasteiger partial charge in [0.2, 0.25) is 17.6 Å². The Morgan fingerprint density at radius 3 is 2.10 bits per heavy atom. The fourth-order valence-corrected chi connectivity index (χ4v) is 9.98. The maximum atomic E-state index is 15.2. The van der Waals surface area contributed by atoms with Crippen LogP contribution in [0, 0.1) is 46.8 Å². The maximum Gasteiger partial charge on any atom is 0.258 e. The molecule has 1 N–H and O–H groups in total. The van der Waals surface area contributed by atoms with Gasteiger partial charge in [-0.1, -0.05) is 30.9 Å². The predicted octanol–water partition coefficient (Wildman–Crippen LogP) is 6.75. The Bertz CT molecular complexity index is 1880. The summed E-state index contributed by atoms with van der Waals surface area (Å²) >= 11 is 17.5. The lowest BCUT2D eigenvalue weighted by Crippen LogP contribution is -2.60. The molecule has 2 aromatic rings. The molecule has 4 amide bonds. The Kier molecular flexibility index (Phi) is 8.14. The van der Waals surface area contributed by atoms with Gasteiger partial charge in [0, 0.05) is 12.0 Å². The lowest BCUT2D eigenvalue weighted by atomic mass is 9.56. The number of nitrogens with zero attached hydrogens (tertiary/aromatic N) is 2. The number of aromatic hydroxyl groups is 1. The van der Waals surface area contributed by atoms with Gasteiger partial charge in [0.05, 0.1) is 23.4 Å². The van der Waals surface area contributed by atoms with E-state index in [9.17, 15) is 37.5 Å². The van der Waals surface area contributed by atoms with E-state index < -0.39 is 92.3 Å². The van der Waals surface area contributed by atoms with E-state index in [-0.39, 0.29) is 44.8 Å². The number of phenols is 1. The number of amides is 4. The van der Waals surface area contributed by atoms with Gasteiger partial charge in [-0.2, -0.15) is 0 Å². The van der Waals surface area contributed by atoms with Crippen LogP contribution in [-0.4, -0.2) is 56.5 Å². The molecule has 16 heteroatoms. The molecule has 2 aliphatic heterocycles. The third-order valence-electron chi connectivity index (χ3n) is 10.8. The molecule has 5 aliphatic rings. The number of ether oxygens (including phenoxy) is 1. The van der Waals surface area contributed by atoms with E-state index in [4.69, 9.17) is 27.9 Å². The van der Waals surface area contributed by atoms with Crippen molar-refractivity contribution >= 4 is 68.4 Å². The molecule has 4 fully saturated rings. The minimum Gasteiger partial charge on any atom is -0.503 e. The molecule has 2 saturated carbocycles. The van der Waals surface area contributed by atoms with Gasteiger partial charge in [-0.3, -0.25) is 24.1 Å². The molecule has 260 valence electrons. The van der Waals surface area contributed by atoms with Crippen molar-refractivity contribution in [1.29, 1.82) is 0 Å². The second-order valence-corrected chi connectivity index (χ2v) is 15.2. The van der Waals surface area contributed by atoms with Crippen molar-refractivity contribution in [3.05, 3.63) is 62.9 Å². The van der Waals surface area contributed by atoms with Crippen molar-refractivity contribution in [3.8, 4) is 11.5 Å². The number of hydrogen-bond acceptors (Lipinski definition) is 6. The second-order valence-electron chi connectivity index (χ2n) is 13.1. The van der Waals surface area contributed by atoms with E-state index in [2.05, 4.69) is 15.9 Å². The fourth-order valence-electron chi connectivity index (χ4n) is 8.58. The number of carbonyl (C=O) groups excluding carboxylic acids is 4. The zero-order valence-corrected chi connectivity index (χ0v) is 28.6. The van der Waals surface area contributed by atoms with Gasteiger partial charge < -0.3 is 9.84 Å². The molecule has 7 rings (SSSR count). The van der Waals surface area contributed by atoms with Crippen molar-refractivity contribution in [1.82, 2.24) is 4.90 Å². The summed E-state index contributed by atoms with van der Waals surface area (Å²) in [4.78, 5) is 52.5. The summed E-state index contributed by atoms with van der Waals surface area (Å²) < 4.78 is 78.7. The summed E-state index contributed by atoms with van der Waals surface area (Å²) in [5.41, 5.74) is -1.45. The summed E-state index contributed by atoms with van der Waals surface area (Å²) in [6.07, 6.45) is 4.94. The molecule has 0 bridgehead atoms. The number of fused-ring (bicyclic) bond motifs is 4. The third-order valence-corrected chi connectivity index (χ3v) is 12.8. The van der Waals surface area contributed by atoms with Crippen LogP contribution in [0.4, 0.5) is 27.6 Å². The minimum absolute atomic E-state index is 0.0442. The van der Waals surface area contributed by atoms with Gasteiger partial charge in [0.1, 0.15) is 5.69 Å². The number of allylic oxidation sites excluding steroid dienone is 2. The van der Waals surface area contributed by atoms with Crippen LogP contribution in [0.15, 0.2) is 28.3 Å². The highest BCUT2D eigenvalue weighted by Gasteiger charge is 2.77. The van der Waals surface area contributed by atoms with E-state index in [1.165, 1.54) is 24.1 Å². The molecular formula is C33H26BrCl2F5N2O6. The fraction of sp³-hybridized carbons (Fsp3) is 0.455. The number of imide groups is 2. The first-order valence-corrected chi connectivity index (χ1v) is 17.1. The average Bonchev–Trinajstić information content (AvgIpc) is 3.42. The van der Waals surface area contributed by atoms with Crippen LogP contribution in [0.1, 0.15) is 56.4 Å². The van der Waals surface area contributed by atoms with Crippen LogP contribution in [0.5, 0.6) is 11.5 Å². The largest absolute Gasteiger partial charge is 0.503 e. The Balaban J connectivity index is 1.44. The normalized spacial score (nSPS) is 31.6. The summed E-state index contributed by atoms with van der Waals surface area (Å²) in [6.45, 7) is 0. The molecule has 49 heavy (non-hydrogen) atoms. The lowest BCUT2D eigenvalue weighted by Gasteiger charge is -2.50. The van der Waals surface area contributed by atoms with Gasteiger partial charge in [0.25, 0.3) is 11.8 Å². The third kappa shape index (κ3) is 4.44. The zero-order chi connectivity index (χ0) is 35.5. The highest BCUT2D eigenvalue weighted by atomic mass is 79.9. The lowest BCUT2D eigenvalue weighted by molar-refractivity contribution is -0.143. The van der Waals surface area contributed by atoms with Crippen LogP contribution >= 0.6 is 39.1 Å². The highest BCUT2D eigenvalue weighted by molar-refractivity contribution is 9.10. The first-order chi connectivity index (χ1) is 23.1. The number of alkyl halides is 2. The van der Waals surface area contributed by atoms with Crippen LogP contribution in [-0.2, 0) is 19.2 Å². The van der Waals surface area contributed by atoms with Crippen LogP contribution in [0.2, 0.25) is 0 Å². The maximum absolute atomic E-state index is 15.2. The summed E-state index contributed by atoms with van der Waals surface area (Å²) in [7, 11) is 1.24. The first-order valence-electron chi connectivity index (χ1n) is 15.5.